The molecule has 2 rings (SSSR count). The molecule has 0 aliphatic heterocycles. The van der Waals surface area contributed by atoms with E-state index in [0.29, 0.717) is 5.69 Å². The number of nitrogens with one attached hydrogen (secondary N) is 1. The fourth-order valence-corrected chi connectivity index (χ4v) is 1.68. The van der Waals surface area contributed by atoms with Gasteiger partial charge >= 0.3 is 0 Å². The molecule has 2 aromatic rings. The number of carbonyl (C=O) groups is 1. The van der Waals surface area contributed by atoms with Crippen LogP contribution in [0.3, 0.4) is 0 Å². The van der Waals surface area contributed by atoms with Crippen molar-refractivity contribution in [3.05, 3.63) is 58.1 Å². The van der Waals surface area contributed by atoms with Gasteiger partial charge < -0.3 is 5.32 Å². The van der Waals surface area contributed by atoms with Gasteiger partial charge in [-0.1, -0.05) is 6.07 Å². The van der Waals surface area contributed by atoms with Crippen LogP contribution in [0.15, 0.2) is 41.1 Å². The molecule has 18 heavy (non-hydrogen) atoms. The minimum Gasteiger partial charge on any atom is -0.321 e. The molecule has 0 saturated carbocycles. The first-order valence-corrected chi connectivity index (χ1v) is 6.04. The van der Waals surface area contributed by atoms with Crippen molar-refractivity contribution in [3.63, 3.8) is 0 Å². The molecule has 0 radical (unpaired) electrons. The lowest BCUT2D eigenvalue weighted by Gasteiger charge is -2.06. The SMILES string of the molecule is Cc1cc(NC(=O)c2cccc(F)c2)cnc1Br. The van der Waals surface area contributed by atoms with Gasteiger partial charge in [-0.15, -0.1) is 0 Å². The lowest BCUT2D eigenvalue weighted by molar-refractivity contribution is 0.102. The van der Waals surface area contributed by atoms with Gasteiger partial charge in [0.25, 0.3) is 5.91 Å². The minimum atomic E-state index is -0.437. The van der Waals surface area contributed by atoms with Gasteiger partial charge in [0.05, 0.1) is 11.9 Å². The molecule has 1 N–H and O–H groups in total. The molecule has 0 bridgehead atoms. The molecule has 1 amide bonds. The summed E-state index contributed by atoms with van der Waals surface area (Å²) in [4.78, 5) is 15.9. The van der Waals surface area contributed by atoms with Gasteiger partial charge in [-0.05, 0) is 52.7 Å². The molecule has 3 nitrogen and oxygen atoms in total. The van der Waals surface area contributed by atoms with Gasteiger partial charge in [-0.2, -0.15) is 0 Å². The van der Waals surface area contributed by atoms with Crippen molar-refractivity contribution in [1.82, 2.24) is 4.98 Å². The molecule has 1 heterocycles. The number of aromatic nitrogens is 1. The fourth-order valence-electron chi connectivity index (χ4n) is 1.46. The van der Waals surface area contributed by atoms with Crippen LogP contribution in [0.5, 0.6) is 0 Å². The summed E-state index contributed by atoms with van der Waals surface area (Å²) in [5.41, 5.74) is 1.76. The number of benzene rings is 1. The highest BCUT2D eigenvalue weighted by molar-refractivity contribution is 9.10. The molecule has 0 saturated heterocycles. The highest BCUT2D eigenvalue weighted by atomic mass is 79.9. The number of aryl methyl sites for hydroxylation is 1. The van der Waals surface area contributed by atoms with Crippen LogP contribution in [0.2, 0.25) is 0 Å². The summed E-state index contributed by atoms with van der Waals surface area (Å²) in [6.45, 7) is 1.87. The molecule has 1 aromatic carbocycles. The predicted molar refractivity (Wildman–Crippen MR) is 71.0 cm³/mol. The zero-order valence-electron chi connectivity index (χ0n) is 9.58. The number of nitrogens with zero attached hydrogens (tertiary/aromatic N) is 1. The van der Waals surface area contributed by atoms with Crippen LogP contribution in [0.25, 0.3) is 0 Å². The molecule has 0 unspecified atom stereocenters. The molecule has 0 atom stereocenters. The molecule has 0 fully saturated rings. The van der Waals surface area contributed by atoms with Crippen molar-refractivity contribution in [2.24, 2.45) is 0 Å². The van der Waals surface area contributed by atoms with E-state index < -0.39 is 5.82 Å². The summed E-state index contributed by atoms with van der Waals surface area (Å²) in [5, 5.41) is 2.66. The van der Waals surface area contributed by atoms with Crippen molar-refractivity contribution in [3.8, 4) is 0 Å². The molecular weight excluding hydrogens is 299 g/mol. The van der Waals surface area contributed by atoms with E-state index in [-0.39, 0.29) is 11.5 Å². The van der Waals surface area contributed by atoms with Gasteiger partial charge in [-0.3, -0.25) is 4.79 Å². The van der Waals surface area contributed by atoms with E-state index in [4.69, 9.17) is 0 Å². The van der Waals surface area contributed by atoms with Gasteiger partial charge in [-0.25, -0.2) is 9.37 Å². The second-order valence-electron chi connectivity index (χ2n) is 3.80. The Hall–Kier alpha value is -1.75. The highest BCUT2D eigenvalue weighted by Gasteiger charge is 2.07. The third-order valence-electron chi connectivity index (χ3n) is 2.36. The summed E-state index contributed by atoms with van der Waals surface area (Å²) >= 11 is 3.28. The van der Waals surface area contributed by atoms with Crippen LogP contribution >= 0.6 is 15.9 Å². The first-order chi connectivity index (χ1) is 8.56. The topological polar surface area (TPSA) is 42.0 Å². The normalized spacial score (nSPS) is 10.2. The Labute approximate surface area is 112 Å². The van der Waals surface area contributed by atoms with Crippen LogP contribution in [-0.2, 0) is 0 Å². The van der Waals surface area contributed by atoms with Crippen molar-refractivity contribution < 1.29 is 9.18 Å². The van der Waals surface area contributed by atoms with E-state index >= 15 is 0 Å². The van der Waals surface area contributed by atoms with E-state index in [1.165, 1.54) is 24.4 Å². The van der Waals surface area contributed by atoms with E-state index in [1.54, 1.807) is 12.1 Å². The van der Waals surface area contributed by atoms with Gasteiger partial charge in [0, 0.05) is 5.56 Å². The number of hydrogen-bond acceptors (Lipinski definition) is 2. The monoisotopic (exact) mass is 308 g/mol. The number of anilines is 1. The van der Waals surface area contributed by atoms with Gasteiger partial charge in [0.2, 0.25) is 0 Å². The standard InChI is InChI=1S/C13H10BrFN2O/c1-8-5-11(7-16-12(8)14)17-13(18)9-3-2-4-10(15)6-9/h2-7H,1H3,(H,17,18). The van der Waals surface area contributed by atoms with Crippen LogP contribution in [0.1, 0.15) is 15.9 Å². The lowest BCUT2D eigenvalue weighted by Crippen LogP contribution is -2.12. The van der Waals surface area contributed by atoms with Crippen LogP contribution < -0.4 is 5.32 Å². The quantitative estimate of drug-likeness (QED) is 0.862. The first kappa shape index (κ1) is 12.7. The van der Waals surface area contributed by atoms with Crippen LogP contribution in [-0.4, -0.2) is 10.9 Å². The third kappa shape index (κ3) is 2.92. The van der Waals surface area contributed by atoms with Gasteiger partial charge in [0.15, 0.2) is 0 Å². The Bertz CT molecular complexity index is 601. The summed E-state index contributed by atoms with van der Waals surface area (Å²) < 4.78 is 13.7. The molecule has 0 aliphatic carbocycles. The number of hydrogen-bond donors (Lipinski definition) is 1. The van der Waals surface area contributed by atoms with Crippen LogP contribution in [0, 0.1) is 12.7 Å². The molecule has 1 aromatic heterocycles. The van der Waals surface area contributed by atoms with E-state index in [0.717, 1.165) is 10.2 Å². The summed E-state index contributed by atoms with van der Waals surface area (Å²) in [6.07, 6.45) is 1.54. The zero-order chi connectivity index (χ0) is 13.1. The van der Waals surface area contributed by atoms with Crippen molar-refractivity contribution >= 4 is 27.5 Å². The maximum atomic E-state index is 13.0. The zero-order valence-corrected chi connectivity index (χ0v) is 11.2. The molecule has 0 aliphatic rings. The number of carbonyl (C=O) groups excluding carboxylic acids is 1. The Kier molecular flexibility index (Phi) is 3.72. The van der Waals surface area contributed by atoms with Crippen molar-refractivity contribution in [2.45, 2.75) is 6.92 Å². The average Bonchev–Trinajstić information content (AvgIpc) is 2.34. The Morgan fingerprint density at radius 3 is 2.83 bits per heavy atom. The fraction of sp³-hybridized carbons (Fsp3) is 0.0769. The number of halogens is 2. The van der Waals surface area contributed by atoms with Gasteiger partial charge in [0.1, 0.15) is 10.4 Å². The minimum absolute atomic E-state index is 0.274. The maximum absolute atomic E-state index is 13.0. The number of pyridine rings is 1. The molecule has 92 valence electrons. The smallest absolute Gasteiger partial charge is 0.255 e. The Balaban J connectivity index is 2.18. The lowest BCUT2D eigenvalue weighted by atomic mass is 10.2. The highest BCUT2D eigenvalue weighted by Crippen LogP contribution is 2.17. The predicted octanol–water partition coefficient (Wildman–Crippen LogP) is 3.54. The van der Waals surface area contributed by atoms with E-state index in [9.17, 15) is 9.18 Å². The second-order valence-corrected chi connectivity index (χ2v) is 4.55. The molecular formula is C13H10BrFN2O. The molecule has 5 heteroatoms. The number of rotatable bonds is 2. The Morgan fingerprint density at radius 2 is 2.17 bits per heavy atom. The van der Waals surface area contributed by atoms with Crippen molar-refractivity contribution in [2.75, 3.05) is 5.32 Å². The van der Waals surface area contributed by atoms with Crippen LogP contribution in [0.4, 0.5) is 10.1 Å². The third-order valence-corrected chi connectivity index (χ3v) is 3.19. The summed E-state index contributed by atoms with van der Waals surface area (Å²) in [6, 6.07) is 7.32. The number of amides is 1. The summed E-state index contributed by atoms with van der Waals surface area (Å²) in [5.74, 6) is -0.800. The summed E-state index contributed by atoms with van der Waals surface area (Å²) in [7, 11) is 0. The maximum Gasteiger partial charge on any atom is 0.255 e. The van der Waals surface area contributed by atoms with Crippen molar-refractivity contribution in [1.29, 1.82) is 0 Å². The molecule has 0 spiro atoms. The van der Waals surface area contributed by atoms with E-state index in [1.807, 2.05) is 6.92 Å². The second kappa shape index (κ2) is 5.27. The first-order valence-electron chi connectivity index (χ1n) is 5.25. The average molecular weight is 309 g/mol. The van der Waals surface area contributed by atoms with E-state index in [2.05, 4.69) is 26.2 Å². The Morgan fingerprint density at radius 1 is 1.39 bits per heavy atom. The largest absolute Gasteiger partial charge is 0.321 e.